The number of nitrogens with two attached hydrogens (primary N) is 1. The first-order valence-corrected chi connectivity index (χ1v) is 7.83. The number of rotatable bonds is 2. The quantitative estimate of drug-likeness (QED) is 0.923. The summed E-state index contributed by atoms with van der Waals surface area (Å²) in [6.45, 7) is 4.25. The zero-order valence-corrected chi connectivity index (χ0v) is 12.9. The predicted octanol–water partition coefficient (Wildman–Crippen LogP) is 2.79. The fraction of sp³-hybridized carbons (Fsp3) is 0.467. The monoisotopic (exact) mass is 288 g/mol. The molecule has 3 atom stereocenters. The maximum atomic E-state index is 6.48. The summed E-state index contributed by atoms with van der Waals surface area (Å²) in [6, 6.07) is 8.59. The summed E-state index contributed by atoms with van der Waals surface area (Å²) in [5, 5.41) is 9.67. The highest BCUT2D eigenvalue weighted by molar-refractivity contribution is 7.99. The number of nitrogens with zero attached hydrogens (tertiary/aromatic N) is 3. The zero-order chi connectivity index (χ0) is 14.3. The average molecular weight is 288 g/mol. The molecule has 3 rings (SSSR count). The molecule has 1 aromatic heterocycles. The van der Waals surface area contributed by atoms with Crippen molar-refractivity contribution in [1.29, 1.82) is 0 Å². The molecule has 0 radical (unpaired) electrons. The number of aryl methyl sites for hydroxylation is 1. The van der Waals surface area contributed by atoms with E-state index in [9.17, 15) is 0 Å². The average Bonchev–Trinajstić information content (AvgIpc) is 2.76. The van der Waals surface area contributed by atoms with Crippen LogP contribution in [0.1, 0.15) is 42.3 Å². The molecule has 0 saturated heterocycles. The van der Waals surface area contributed by atoms with Crippen LogP contribution < -0.4 is 5.73 Å². The number of hydrogen-bond acceptors (Lipinski definition) is 4. The predicted molar refractivity (Wildman–Crippen MR) is 81.8 cm³/mol. The third-order valence-corrected chi connectivity index (χ3v) is 5.54. The SMILES string of the molecule is Cc1nnc(SC2CC(C)c3ccccc3C2N)n1C. The third-order valence-electron chi connectivity index (χ3n) is 4.18. The maximum absolute atomic E-state index is 6.48. The van der Waals surface area contributed by atoms with Crippen LogP contribution in [-0.2, 0) is 7.05 Å². The van der Waals surface area contributed by atoms with Crippen molar-refractivity contribution >= 4 is 11.8 Å². The van der Waals surface area contributed by atoms with Crippen molar-refractivity contribution in [3.63, 3.8) is 0 Å². The lowest BCUT2D eigenvalue weighted by molar-refractivity contribution is 0.525. The normalized spacial score (nSPS) is 25.5. The second-order valence-electron chi connectivity index (χ2n) is 5.54. The molecule has 1 aliphatic carbocycles. The van der Waals surface area contributed by atoms with E-state index in [1.165, 1.54) is 11.1 Å². The van der Waals surface area contributed by atoms with Crippen molar-refractivity contribution in [1.82, 2.24) is 14.8 Å². The van der Waals surface area contributed by atoms with Crippen molar-refractivity contribution in [3.05, 3.63) is 41.2 Å². The molecule has 4 nitrogen and oxygen atoms in total. The molecule has 2 aromatic rings. The highest BCUT2D eigenvalue weighted by Crippen LogP contribution is 2.43. The van der Waals surface area contributed by atoms with Crippen molar-refractivity contribution in [2.24, 2.45) is 12.8 Å². The van der Waals surface area contributed by atoms with Crippen LogP contribution in [0.2, 0.25) is 0 Å². The van der Waals surface area contributed by atoms with E-state index >= 15 is 0 Å². The molecule has 106 valence electrons. The second kappa shape index (κ2) is 5.22. The molecule has 3 unspecified atom stereocenters. The molecule has 0 fully saturated rings. The number of aromatic nitrogens is 3. The molecule has 1 heterocycles. The topological polar surface area (TPSA) is 56.7 Å². The molecule has 1 aromatic carbocycles. The Balaban J connectivity index is 1.88. The van der Waals surface area contributed by atoms with Crippen LogP contribution in [0.3, 0.4) is 0 Å². The van der Waals surface area contributed by atoms with Crippen LogP contribution in [0.25, 0.3) is 0 Å². The first kappa shape index (κ1) is 13.6. The van der Waals surface area contributed by atoms with Gasteiger partial charge < -0.3 is 10.3 Å². The van der Waals surface area contributed by atoms with Crippen LogP contribution in [-0.4, -0.2) is 20.0 Å². The van der Waals surface area contributed by atoms with Gasteiger partial charge in [0.1, 0.15) is 5.82 Å². The van der Waals surface area contributed by atoms with E-state index in [-0.39, 0.29) is 6.04 Å². The molecule has 1 aliphatic rings. The Labute approximate surface area is 123 Å². The molecule has 0 bridgehead atoms. The van der Waals surface area contributed by atoms with E-state index in [1.54, 1.807) is 11.8 Å². The summed E-state index contributed by atoms with van der Waals surface area (Å²) in [7, 11) is 2.00. The molecule has 0 spiro atoms. The lowest BCUT2D eigenvalue weighted by Crippen LogP contribution is -2.31. The maximum Gasteiger partial charge on any atom is 0.191 e. The van der Waals surface area contributed by atoms with E-state index in [4.69, 9.17) is 5.73 Å². The lowest BCUT2D eigenvalue weighted by atomic mass is 9.81. The van der Waals surface area contributed by atoms with Crippen molar-refractivity contribution in [3.8, 4) is 0 Å². The minimum absolute atomic E-state index is 0.0596. The van der Waals surface area contributed by atoms with Crippen molar-refractivity contribution in [2.75, 3.05) is 0 Å². The van der Waals surface area contributed by atoms with Crippen molar-refractivity contribution in [2.45, 2.75) is 42.6 Å². The molecule has 0 saturated carbocycles. The fourth-order valence-corrected chi connectivity index (χ4v) is 4.16. The molecular formula is C15H20N4S. The molecule has 20 heavy (non-hydrogen) atoms. The summed E-state index contributed by atoms with van der Waals surface area (Å²) in [6.07, 6.45) is 1.08. The van der Waals surface area contributed by atoms with Gasteiger partial charge in [0.25, 0.3) is 0 Å². The van der Waals surface area contributed by atoms with Crippen LogP contribution in [0, 0.1) is 6.92 Å². The van der Waals surface area contributed by atoms with Gasteiger partial charge >= 0.3 is 0 Å². The van der Waals surface area contributed by atoms with Gasteiger partial charge in [-0.25, -0.2) is 0 Å². The van der Waals surface area contributed by atoms with Crippen LogP contribution in [0.5, 0.6) is 0 Å². The van der Waals surface area contributed by atoms with E-state index < -0.39 is 0 Å². The van der Waals surface area contributed by atoms with Gasteiger partial charge in [-0.3, -0.25) is 0 Å². The summed E-state index contributed by atoms with van der Waals surface area (Å²) >= 11 is 1.75. The van der Waals surface area contributed by atoms with Gasteiger partial charge in [-0.2, -0.15) is 0 Å². The van der Waals surface area contributed by atoms with E-state index in [2.05, 4.69) is 41.4 Å². The van der Waals surface area contributed by atoms with Gasteiger partial charge in [0, 0.05) is 18.3 Å². The Hall–Kier alpha value is -1.33. The molecule has 0 aliphatic heterocycles. The number of thioether (sulfide) groups is 1. The summed E-state index contributed by atoms with van der Waals surface area (Å²) < 4.78 is 2.03. The standard InChI is InChI=1S/C15H20N4S/c1-9-8-13(20-15-18-17-10(2)19(15)3)14(16)12-7-5-4-6-11(9)12/h4-7,9,13-14H,8,16H2,1-3H3. The smallest absolute Gasteiger partial charge is 0.191 e. The summed E-state index contributed by atoms with van der Waals surface area (Å²) in [5.74, 6) is 1.48. The Morgan fingerprint density at radius 2 is 1.95 bits per heavy atom. The number of fused-ring (bicyclic) bond motifs is 1. The van der Waals surface area contributed by atoms with Gasteiger partial charge in [0.05, 0.1) is 0 Å². The summed E-state index contributed by atoms with van der Waals surface area (Å²) in [5.41, 5.74) is 9.15. The van der Waals surface area contributed by atoms with Gasteiger partial charge in [-0.05, 0) is 30.4 Å². The van der Waals surface area contributed by atoms with E-state index in [0.29, 0.717) is 11.2 Å². The largest absolute Gasteiger partial charge is 0.323 e. The van der Waals surface area contributed by atoms with Gasteiger partial charge in [-0.1, -0.05) is 43.0 Å². The number of hydrogen-bond donors (Lipinski definition) is 1. The zero-order valence-electron chi connectivity index (χ0n) is 12.1. The molecule has 5 heteroatoms. The minimum Gasteiger partial charge on any atom is -0.323 e. The Morgan fingerprint density at radius 3 is 2.60 bits per heavy atom. The molecular weight excluding hydrogens is 268 g/mol. The van der Waals surface area contributed by atoms with E-state index in [1.807, 2.05) is 18.5 Å². The van der Waals surface area contributed by atoms with Crippen LogP contribution >= 0.6 is 11.8 Å². The molecule has 2 N–H and O–H groups in total. The lowest BCUT2D eigenvalue weighted by Gasteiger charge is -2.34. The Kier molecular flexibility index (Phi) is 3.56. The number of benzene rings is 1. The molecule has 0 amide bonds. The van der Waals surface area contributed by atoms with E-state index in [0.717, 1.165) is 17.4 Å². The van der Waals surface area contributed by atoms with Crippen LogP contribution in [0.4, 0.5) is 0 Å². The Bertz CT molecular complexity index is 622. The van der Waals surface area contributed by atoms with Crippen LogP contribution in [0.15, 0.2) is 29.4 Å². The highest BCUT2D eigenvalue weighted by atomic mass is 32.2. The second-order valence-corrected chi connectivity index (χ2v) is 6.74. The third kappa shape index (κ3) is 2.25. The first-order valence-electron chi connectivity index (χ1n) is 6.95. The highest BCUT2D eigenvalue weighted by Gasteiger charge is 2.32. The minimum atomic E-state index is 0.0596. The fourth-order valence-electron chi connectivity index (χ4n) is 2.83. The van der Waals surface area contributed by atoms with Gasteiger partial charge in [0.2, 0.25) is 0 Å². The Morgan fingerprint density at radius 1 is 1.25 bits per heavy atom. The van der Waals surface area contributed by atoms with Gasteiger partial charge in [-0.15, -0.1) is 10.2 Å². The summed E-state index contributed by atoms with van der Waals surface area (Å²) in [4.78, 5) is 0. The van der Waals surface area contributed by atoms with Crippen molar-refractivity contribution < 1.29 is 0 Å². The van der Waals surface area contributed by atoms with Gasteiger partial charge in [0.15, 0.2) is 5.16 Å². The first-order chi connectivity index (χ1) is 9.58.